The Balaban J connectivity index is 2.26. The monoisotopic (exact) mass is 302 g/mol. The number of rotatable bonds is 4. The molecule has 0 bridgehead atoms. The lowest BCUT2D eigenvalue weighted by Crippen LogP contribution is -2.14. The highest BCUT2D eigenvalue weighted by Gasteiger charge is 2.19. The Morgan fingerprint density at radius 2 is 1.71 bits per heavy atom. The van der Waals surface area contributed by atoms with Crippen LogP contribution in [0, 0.1) is 11.3 Å². The van der Waals surface area contributed by atoms with Gasteiger partial charge in [0.15, 0.2) is 5.78 Å². The van der Waals surface area contributed by atoms with E-state index in [1.165, 1.54) is 0 Å². The van der Waals surface area contributed by atoms with Gasteiger partial charge in [-0.25, -0.2) is 0 Å². The average molecular weight is 303 g/mol. The van der Waals surface area contributed by atoms with Crippen molar-refractivity contribution in [3.8, 4) is 0 Å². The summed E-state index contributed by atoms with van der Waals surface area (Å²) in [5.41, 5.74) is 1.04. The van der Waals surface area contributed by atoms with Gasteiger partial charge >= 0.3 is 0 Å². The van der Waals surface area contributed by atoms with Crippen LogP contribution in [0.1, 0.15) is 50.9 Å². The molecule has 2 aromatic carbocycles. The topological polar surface area (TPSA) is 17.1 Å². The number of carbonyl (C=O) groups excluding carboxylic acids is 1. The molecule has 0 aromatic heterocycles. The number of hydrogen-bond acceptors (Lipinski definition) is 1. The van der Waals surface area contributed by atoms with Crippen LogP contribution in [0.5, 0.6) is 0 Å². The highest BCUT2D eigenvalue weighted by atomic mass is 35.5. The summed E-state index contributed by atoms with van der Waals surface area (Å²) in [4.78, 5) is 12.6. The van der Waals surface area contributed by atoms with E-state index in [0.29, 0.717) is 17.4 Å². The summed E-state index contributed by atoms with van der Waals surface area (Å²) in [6.45, 7) is 8.80. The molecule has 0 aliphatic heterocycles. The summed E-state index contributed by atoms with van der Waals surface area (Å²) < 4.78 is 0. The van der Waals surface area contributed by atoms with Crippen LogP contribution in [0.3, 0.4) is 0 Å². The van der Waals surface area contributed by atoms with Gasteiger partial charge in [-0.3, -0.25) is 4.79 Å². The van der Waals surface area contributed by atoms with Crippen LogP contribution < -0.4 is 0 Å². The second-order valence-electron chi connectivity index (χ2n) is 7.14. The standard InChI is InChI=1S/C19H23ClO/c1-13(12-19(2,3)4)11-18(21)16-9-10-17(20)15-8-6-5-7-14(15)16/h5-10,13H,11-12H2,1-4H3. The van der Waals surface area contributed by atoms with Crippen LogP contribution in [-0.4, -0.2) is 5.78 Å². The maximum atomic E-state index is 12.6. The maximum absolute atomic E-state index is 12.6. The lowest BCUT2D eigenvalue weighted by atomic mass is 9.82. The average Bonchev–Trinajstić information content (AvgIpc) is 2.37. The number of benzene rings is 2. The fourth-order valence-corrected chi connectivity index (χ4v) is 3.28. The van der Waals surface area contributed by atoms with Gasteiger partial charge in [0.05, 0.1) is 0 Å². The number of carbonyl (C=O) groups is 1. The number of hydrogen-bond donors (Lipinski definition) is 0. The first-order valence-electron chi connectivity index (χ1n) is 7.48. The third kappa shape index (κ3) is 4.07. The van der Waals surface area contributed by atoms with Crippen molar-refractivity contribution in [2.75, 3.05) is 0 Å². The van der Waals surface area contributed by atoms with Crippen LogP contribution in [0.15, 0.2) is 36.4 Å². The summed E-state index contributed by atoms with van der Waals surface area (Å²) in [5, 5.41) is 2.61. The van der Waals surface area contributed by atoms with Crippen LogP contribution >= 0.6 is 11.6 Å². The van der Waals surface area contributed by atoms with E-state index in [1.54, 1.807) is 0 Å². The van der Waals surface area contributed by atoms with Crippen molar-refractivity contribution >= 4 is 28.2 Å². The smallest absolute Gasteiger partial charge is 0.163 e. The summed E-state index contributed by atoms with van der Waals surface area (Å²) in [7, 11) is 0. The Kier molecular flexibility index (Phi) is 4.73. The predicted octanol–water partition coefficient (Wildman–Crippen LogP) is 6.14. The van der Waals surface area contributed by atoms with Gasteiger partial charge in [0.25, 0.3) is 0 Å². The number of fused-ring (bicyclic) bond motifs is 1. The highest BCUT2D eigenvalue weighted by Crippen LogP contribution is 2.30. The van der Waals surface area contributed by atoms with E-state index in [1.807, 2.05) is 36.4 Å². The molecule has 1 unspecified atom stereocenters. The molecule has 0 saturated heterocycles. The van der Waals surface area contributed by atoms with Gasteiger partial charge < -0.3 is 0 Å². The molecule has 0 fully saturated rings. The van der Waals surface area contributed by atoms with Gasteiger partial charge in [-0.15, -0.1) is 0 Å². The van der Waals surface area contributed by atoms with Gasteiger partial charge in [0.1, 0.15) is 0 Å². The van der Waals surface area contributed by atoms with E-state index in [-0.39, 0.29) is 11.2 Å². The molecular weight excluding hydrogens is 280 g/mol. The molecule has 0 saturated carbocycles. The Morgan fingerprint density at radius 3 is 2.33 bits per heavy atom. The molecule has 21 heavy (non-hydrogen) atoms. The number of ketones is 1. The molecule has 1 atom stereocenters. The summed E-state index contributed by atoms with van der Waals surface area (Å²) in [6, 6.07) is 11.5. The van der Waals surface area contributed by atoms with Crippen LogP contribution in [0.4, 0.5) is 0 Å². The lowest BCUT2D eigenvalue weighted by Gasteiger charge is -2.22. The zero-order chi connectivity index (χ0) is 15.6. The van der Waals surface area contributed by atoms with Gasteiger partial charge in [-0.05, 0) is 35.3 Å². The van der Waals surface area contributed by atoms with Crippen LogP contribution in [0.25, 0.3) is 10.8 Å². The molecule has 2 rings (SSSR count). The first-order valence-corrected chi connectivity index (χ1v) is 7.86. The first-order chi connectivity index (χ1) is 9.78. The van der Waals surface area contributed by atoms with E-state index < -0.39 is 0 Å². The molecule has 0 heterocycles. The van der Waals surface area contributed by atoms with Crippen molar-refractivity contribution in [3.05, 3.63) is 47.0 Å². The Hall–Kier alpha value is -1.34. The number of halogens is 1. The van der Waals surface area contributed by atoms with E-state index in [2.05, 4.69) is 27.7 Å². The third-order valence-corrected chi connectivity index (χ3v) is 4.00. The van der Waals surface area contributed by atoms with Crippen LogP contribution in [0.2, 0.25) is 5.02 Å². The third-order valence-electron chi connectivity index (χ3n) is 3.67. The zero-order valence-electron chi connectivity index (χ0n) is 13.2. The predicted molar refractivity (Wildman–Crippen MR) is 91.1 cm³/mol. The second kappa shape index (κ2) is 6.19. The highest BCUT2D eigenvalue weighted by molar-refractivity contribution is 6.36. The molecule has 0 aliphatic carbocycles. The zero-order valence-corrected chi connectivity index (χ0v) is 14.0. The minimum Gasteiger partial charge on any atom is -0.294 e. The second-order valence-corrected chi connectivity index (χ2v) is 7.54. The molecular formula is C19H23ClO. The Labute approximate surface area is 132 Å². The molecule has 1 nitrogen and oxygen atoms in total. The van der Waals surface area contributed by atoms with Crippen molar-refractivity contribution in [2.24, 2.45) is 11.3 Å². The molecule has 0 radical (unpaired) electrons. The SMILES string of the molecule is CC(CC(=O)c1ccc(Cl)c2ccccc12)CC(C)(C)C. The fraction of sp³-hybridized carbons (Fsp3) is 0.421. The van der Waals surface area contributed by atoms with Gasteiger partial charge in [0.2, 0.25) is 0 Å². The molecule has 0 spiro atoms. The Morgan fingerprint density at radius 1 is 1.10 bits per heavy atom. The van der Waals surface area contributed by atoms with Crippen molar-refractivity contribution in [3.63, 3.8) is 0 Å². The normalized spacial score (nSPS) is 13.4. The fourth-order valence-electron chi connectivity index (χ4n) is 3.05. The molecule has 112 valence electrons. The molecule has 2 aromatic rings. The molecule has 0 aliphatic rings. The van der Waals surface area contributed by atoms with E-state index in [9.17, 15) is 4.79 Å². The summed E-state index contributed by atoms with van der Waals surface area (Å²) in [5.74, 6) is 0.589. The quantitative estimate of drug-likeness (QED) is 0.620. The minimum absolute atomic E-state index is 0.208. The lowest BCUT2D eigenvalue weighted by molar-refractivity contribution is 0.0956. The van der Waals surface area contributed by atoms with Crippen molar-refractivity contribution in [1.82, 2.24) is 0 Å². The summed E-state index contributed by atoms with van der Waals surface area (Å²) in [6.07, 6.45) is 1.63. The summed E-state index contributed by atoms with van der Waals surface area (Å²) >= 11 is 6.22. The van der Waals surface area contributed by atoms with Crippen molar-refractivity contribution in [2.45, 2.75) is 40.5 Å². The molecule has 0 amide bonds. The minimum atomic E-state index is 0.208. The van der Waals surface area contributed by atoms with Crippen molar-refractivity contribution in [1.29, 1.82) is 0 Å². The van der Waals surface area contributed by atoms with Gasteiger partial charge in [-0.2, -0.15) is 0 Å². The van der Waals surface area contributed by atoms with E-state index in [0.717, 1.165) is 22.8 Å². The van der Waals surface area contributed by atoms with E-state index >= 15 is 0 Å². The van der Waals surface area contributed by atoms with Gasteiger partial charge in [-0.1, -0.05) is 63.6 Å². The number of Topliss-reactive ketones (excluding diaryl/α,β-unsaturated/α-hetero) is 1. The van der Waals surface area contributed by atoms with E-state index in [4.69, 9.17) is 11.6 Å². The van der Waals surface area contributed by atoms with Crippen LogP contribution in [-0.2, 0) is 0 Å². The molecule has 0 N–H and O–H groups in total. The Bertz CT molecular complexity index is 652. The first kappa shape index (κ1) is 16.0. The van der Waals surface area contributed by atoms with Crippen molar-refractivity contribution < 1.29 is 4.79 Å². The van der Waals surface area contributed by atoms with Gasteiger partial charge in [0, 0.05) is 22.4 Å². The maximum Gasteiger partial charge on any atom is 0.163 e. The largest absolute Gasteiger partial charge is 0.294 e. The molecule has 2 heteroatoms.